The molecule has 0 saturated carbocycles. The summed E-state index contributed by atoms with van der Waals surface area (Å²) in [7, 11) is 0. The first-order valence-electron chi connectivity index (χ1n) is 9.15. The van der Waals surface area contributed by atoms with Gasteiger partial charge < -0.3 is 14.7 Å². The number of ketones is 1. The number of piperidine rings is 1. The van der Waals surface area contributed by atoms with Crippen LogP contribution >= 0.6 is 0 Å². The largest absolute Gasteiger partial charge is 0.872 e. The minimum absolute atomic E-state index is 0.0514. The Morgan fingerprint density at radius 3 is 3.00 bits per heavy atom. The van der Waals surface area contributed by atoms with Crippen LogP contribution in [0, 0.1) is 0 Å². The smallest absolute Gasteiger partial charge is 0.231 e. The van der Waals surface area contributed by atoms with Crippen LogP contribution in [0.1, 0.15) is 47.7 Å². The van der Waals surface area contributed by atoms with E-state index in [1.165, 1.54) is 30.2 Å². The average molecular weight is 350 g/mol. The molecule has 2 atom stereocenters. The van der Waals surface area contributed by atoms with Gasteiger partial charge >= 0.3 is 0 Å². The van der Waals surface area contributed by atoms with Gasteiger partial charge in [-0.2, -0.15) is 0 Å². The van der Waals surface area contributed by atoms with E-state index in [9.17, 15) is 9.90 Å². The highest BCUT2D eigenvalue weighted by Crippen LogP contribution is 2.38. The summed E-state index contributed by atoms with van der Waals surface area (Å²) in [5.41, 5.74) is 1.90. The summed E-state index contributed by atoms with van der Waals surface area (Å²) in [5.74, 6) is 0.473. The number of hydrogen-bond acceptors (Lipinski definition) is 4. The summed E-state index contributed by atoms with van der Waals surface area (Å²) < 4.78 is 5.88. The Morgan fingerprint density at radius 2 is 2.23 bits per heavy atom. The van der Waals surface area contributed by atoms with Crippen molar-refractivity contribution >= 4 is 11.9 Å². The van der Waals surface area contributed by atoms with Gasteiger partial charge in [0.05, 0.1) is 18.2 Å². The number of ether oxygens (including phenoxy) is 1. The van der Waals surface area contributed by atoms with Crippen molar-refractivity contribution in [1.82, 2.24) is 4.98 Å². The molecule has 0 amide bonds. The molecule has 0 spiro atoms. The first kappa shape index (κ1) is 16.8. The number of benzene rings is 1. The predicted molar refractivity (Wildman–Crippen MR) is 95.9 cm³/mol. The molecule has 2 aromatic rings. The van der Waals surface area contributed by atoms with E-state index in [1.54, 1.807) is 30.6 Å². The number of nitrogens with zero attached hydrogens (tertiary/aromatic N) is 1. The van der Waals surface area contributed by atoms with E-state index in [4.69, 9.17) is 4.74 Å². The van der Waals surface area contributed by atoms with Crippen molar-refractivity contribution in [3.8, 4) is 11.5 Å². The third kappa shape index (κ3) is 3.10. The van der Waals surface area contributed by atoms with Gasteiger partial charge in [-0.25, -0.2) is 0 Å². The topological polar surface area (TPSA) is 66.7 Å². The van der Waals surface area contributed by atoms with E-state index in [0.29, 0.717) is 29.5 Å². The molecule has 1 N–H and O–H groups in total. The molecule has 26 heavy (non-hydrogen) atoms. The van der Waals surface area contributed by atoms with E-state index in [0.717, 1.165) is 12.1 Å². The molecule has 0 aliphatic carbocycles. The number of allylic oxidation sites excluding steroid dienone is 1. The van der Waals surface area contributed by atoms with Crippen LogP contribution in [0.25, 0.3) is 6.08 Å². The highest BCUT2D eigenvalue weighted by molar-refractivity contribution is 6.14. The lowest BCUT2D eigenvalue weighted by molar-refractivity contribution is -0.942. The van der Waals surface area contributed by atoms with E-state index in [1.807, 2.05) is 6.07 Å². The first-order chi connectivity index (χ1) is 12.6. The van der Waals surface area contributed by atoms with Crippen LogP contribution in [-0.4, -0.2) is 23.4 Å². The Labute approximate surface area is 152 Å². The zero-order valence-corrected chi connectivity index (χ0v) is 14.8. The lowest BCUT2D eigenvalue weighted by atomic mass is 10.0. The second-order valence-corrected chi connectivity index (χ2v) is 7.13. The summed E-state index contributed by atoms with van der Waals surface area (Å²) in [6.45, 7) is 3.88. The number of nitrogens with one attached hydrogen (secondary N) is 1. The van der Waals surface area contributed by atoms with Gasteiger partial charge in [-0.3, -0.25) is 9.78 Å². The molecule has 1 aromatic carbocycles. The molecule has 2 aliphatic rings. The van der Waals surface area contributed by atoms with Crippen molar-refractivity contribution in [2.75, 3.05) is 6.54 Å². The Hall–Kier alpha value is -2.66. The van der Waals surface area contributed by atoms with Gasteiger partial charge in [0.2, 0.25) is 5.78 Å². The van der Waals surface area contributed by atoms with Crippen molar-refractivity contribution < 1.29 is 19.5 Å². The van der Waals surface area contributed by atoms with Crippen LogP contribution in [0.5, 0.6) is 11.5 Å². The molecular formula is C21H22N2O3. The lowest BCUT2D eigenvalue weighted by Gasteiger charge is -2.31. The van der Waals surface area contributed by atoms with Gasteiger partial charge in [0, 0.05) is 18.0 Å². The quantitative estimate of drug-likeness (QED) is 0.856. The molecule has 3 heterocycles. The SMILES string of the molecule is CC1CCCC[NH+]1Cc1c([O-])ccc2c1OC(=Cc1cccnc1)C2=O. The Bertz CT molecular complexity index is 861. The summed E-state index contributed by atoms with van der Waals surface area (Å²) in [6, 6.07) is 7.26. The fourth-order valence-electron chi connectivity index (χ4n) is 3.81. The Morgan fingerprint density at radius 1 is 1.35 bits per heavy atom. The predicted octanol–water partition coefficient (Wildman–Crippen LogP) is 1.73. The number of quaternary nitrogens is 1. The number of Topliss-reactive ketones (excluding diaryl/α,β-unsaturated/α-hetero) is 1. The molecule has 1 fully saturated rings. The van der Waals surface area contributed by atoms with E-state index >= 15 is 0 Å². The van der Waals surface area contributed by atoms with Crippen LogP contribution in [-0.2, 0) is 6.54 Å². The lowest BCUT2D eigenvalue weighted by Crippen LogP contribution is -3.14. The molecule has 2 unspecified atom stereocenters. The first-order valence-corrected chi connectivity index (χ1v) is 9.15. The molecule has 0 radical (unpaired) electrons. The Kier molecular flexibility index (Phi) is 4.47. The van der Waals surface area contributed by atoms with Gasteiger partial charge in [-0.05, 0) is 50.0 Å². The zero-order valence-electron chi connectivity index (χ0n) is 14.8. The van der Waals surface area contributed by atoms with Crippen LogP contribution in [0.3, 0.4) is 0 Å². The number of fused-ring (bicyclic) bond motifs is 1. The van der Waals surface area contributed by atoms with Gasteiger partial charge in [0.25, 0.3) is 0 Å². The number of likely N-dealkylation sites (tertiary alicyclic amines) is 1. The molecule has 5 nitrogen and oxygen atoms in total. The van der Waals surface area contributed by atoms with Gasteiger partial charge in [0.1, 0.15) is 12.3 Å². The van der Waals surface area contributed by atoms with Gasteiger partial charge in [-0.15, -0.1) is 0 Å². The normalized spacial score (nSPS) is 23.7. The summed E-state index contributed by atoms with van der Waals surface area (Å²) >= 11 is 0. The minimum Gasteiger partial charge on any atom is -0.872 e. The fourth-order valence-corrected chi connectivity index (χ4v) is 3.81. The molecular weight excluding hydrogens is 328 g/mol. The monoisotopic (exact) mass is 350 g/mol. The second kappa shape index (κ2) is 6.92. The molecule has 4 rings (SSSR count). The maximum Gasteiger partial charge on any atom is 0.231 e. The van der Waals surface area contributed by atoms with E-state index < -0.39 is 0 Å². The van der Waals surface area contributed by atoms with Gasteiger partial charge in [0.15, 0.2) is 5.76 Å². The Balaban J connectivity index is 1.66. The molecule has 134 valence electrons. The molecule has 0 bridgehead atoms. The van der Waals surface area contributed by atoms with Crippen molar-refractivity contribution in [3.63, 3.8) is 0 Å². The second-order valence-electron chi connectivity index (χ2n) is 7.13. The molecule has 5 heteroatoms. The molecule has 1 aromatic heterocycles. The zero-order chi connectivity index (χ0) is 18.1. The number of carbonyl (C=O) groups is 1. The third-order valence-corrected chi connectivity index (χ3v) is 5.37. The highest BCUT2D eigenvalue weighted by Gasteiger charge is 2.32. The summed E-state index contributed by atoms with van der Waals surface area (Å²) in [5, 5.41) is 12.5. The maximum absolute atomic E-state index is 12.7. The van der Waals surface area contributed by atoms with E-state index in [-0.39, 0.29) is 17.3 Å². The van der Waals surface area contributed by atoms with Crippen LogP contribution in [0.15, 0.2) is 42.4 Å². The third-order valence-electron chi connectivity index (χ3n) is 5.37. The number of carbonyl (C=O) groups excluding carboxylic acids is 1. The fraction of sp³-hybridized carbons (Fsp3) is 0.333. The highest BCUT2D eigenvalue weighted by atomic mass is 16.5. The van der Waals surface area contributed by atoms with Crippen molar-refractivity contribution in [1.29, 1.82) is 0 Å². The van der Waals surface area contributed by atoms with E-state index in [2.05, 4.69) is 11.9 Å². The van der Waals surface area contributed by atoms with Crippen molar-refractivity contribution in [2.24, 2.45) is 0 Å². The van der Waals surface area contributed by atoms with Crippen LogP contribution in [0.2, 0.25) is 0 Å². The summed E-state index contributed by atoms with van der Waals surface area (Å²) in [6.07, 6.45) is 8.62. The molecule has 1 saturated heterocycles. The number of hydrogen-bond donors (Lipinski definition) is 1. The number of rotatable bonds is 3. The van der Waals surface area contributed by atoms with Crippen molar-refractivity contribution in [2.45, 2.75) is 38.8 Å². The minimum atomic E-state index is -0.174. The standard InChI is InChI=1S/C21H22N2O3/c1-14-5-2-3-10-23(14)13-17-18(24)8-7-16-20(25)19(26-21(16)17)11-15-6-4-9-22-12-15/h4,6-9,11-12,14,24H,2-3,5,10,13H2,1H3. The van der Waals surface area contributed by atoms with Crippen LogP contribution in [0.4, 0.5) is 0 Å². The number of aromatic nitrogens is 1. The molecule has 2 aliphatic heterocycles. The summed E-state index contributed by atoms with van der Waals surface area (Å²) in [4.78, 5) is 18.1. The average Bonchev–Trinajstić information content (AvgIpc) is 2.96. The van der Waals surface area contributed by atoms with Crippen LogP contribution < -0.4 is 14.7 Å². The number of pyridine rings is 1. The van der Waals surface area contributed by atoms with Gasteiger partial charge in [-0.1, -0.05) is 17.9 Å². The van der Waals surface area contributed by atoms with Crippen molar-refractivity contribution in [3.05, 3.63) is 59.1 Å². The maximum atomic E-state index is 12.7.